The van der Waals surface area contributed by atoms with Gasteiger partial charge in [-0.3, -0.25) is 0 Å². The lowest BCUT2D eigenvalue weighted by Crippen LogP contribution is -2.43. The van der Waals surface area contributed by atoms with Crippen LogP contribution in [0.4, 0.5) is 22.0 Å². The lowest BCUT2D eigenvalue weighted by molar-refractivity contribution is 0.0236. The van der Waals surface area contributed by atoms with Gasteiger partial charge in [-0.1, -0.05) is 6.07 Å². The number of fused-ring (bicyclic) bond motifs is 4. The summed E-state index contributed by atoms with van der Waals surface area (Å²) in [4.78, 5) is 22.1. The fourth-order valence-electron chi connectivity index (χ4n) is 4.22. The van der Waals surface area contributed by atoms with Crippen molar-refractivity contribution in [1.82, 2.24) is 19.9 Å². The van der Waals surface area contributed by atoms with E-state index < -0.39 is 6.10 Å². The van der Waals surface area contributed by atoms with E-state index in [0.717, 1.165) is 16.9 Å². The van der Waals surface area contributed by atoms with Gasteiger partial charge in [0.25, 0.3) is 0 Å². The molecule has 1 fully saturated rings. The average molecular weight is 424 g/mol. The predicted octanol–water partition coefficient (Wildman–Crippen LogP) is 2.20. The normalized spacial score (nSPS) is 23.1. The van der Waals surface area contributed by atoms with E-state index in [4.69, 9.17) is 9.47 Å². The van der Waals surface area contributed by atoms with Gasteiger partial charge in [0.2, 0.25) is 0 Å². The van der Waals surface area contributed by atoms with E-state index in [-0.39, 0.29) is 18.2 Å². The van der Waals surface area contributed by atoms with E-state index in [1.165, 1.54) is 10.9 Å². The van der Waals surface area contributed by atoms with Gasteiger partial charge in [0.05, 0.1) is 43.3 Å². The third kappa shape index (κ3) is 3.53. The van der Waals surface area contributed by atoms with Gasteiger partial charge in [-0.2, -0.15) is 0 Å². The summed E-state index contributed by atoms with van der Waals surface area (Å²) in [6, 6.07) is 6.90. The van der Waals surface area contributed by atoms with Crippen molar-refractivity contribution in [2.45, 2.75) is 37.7 Å². The van der Waals surface area contributed by atoms with Crippen LogP contribution in [0, 0.1) is 0 Å². The second kappa shape index (κ2) is 7.71. The number of nitrogens with one attached hydrogen (secondary N) is 3. The monoisotopic (exact) mass is 424 g/mol. The van der Waals surface area contributed by atoms with E-state index in [1.807, 2.05) is 24.3 Å². The zero-order valence-corrected chi connectivity index (χ0v) is 17.3. The second-order valence-electron chi connectivity index (χ2n) is 7.78. The Morgan fingerprint density at radius 2 is 2.19 bits per heavy atom. The van der Waals surface area contributed by atoms with Crippen LogP contribution in [-0.4, -0.2) is 58.1 Å². The van der Waals surface area contributed by atoms with Crippen LogP contribution in [0.1, 0.15) is 18.4 Å². The van der Waals surface area contributed by atoms with Gasteiger partial charge in [-0.25, -0.2) is 19.3 Å². The summed E-state index contributed by atoms with van der Waals surface area (Å²) in [6.07, 6.45) is 1.51. The Kier molecular flexibility index (Phi) is 4.87. The Morgan fingerprint density at radius 3 is 3.00 bits per heavy atom. The van der Waals surface area contributed by atoms with E-state index in [1.54, 1.807) is 14.2 Å². The minimum absolute atomic E-state index is 0.299. The molecule has 3 aromatic rings. The summed E-state index contributed by atoms with van der Waals surface area (Å²) in [7, 11) is 3.40. The highest BCUT2D eigenvalue weighted by Crippen LogP contribution is 2.32. The SMILES string of the molecule is CNc1cc2nc3c1ncn3C(=O)NC1CC(O)CC1OCc1ccc(OC)c(c1)N2. The van der Waals surface area contributed by atoms with Crippen LogP contribution >= 0.6 is 0 Å². The fraction of sp³-hybridized carbons (Fsp3) is 0.381. The molecule has 3 unspecified atom stereocenters. The highest BCUT2D eigenvalue weighted by Gasteiger charge is 2.36. The average Bonchev–Trinajstić information content (AvgIpc) is 3.34. The van der Waals surface area contributed by atoms with Gasteiger partial charge in [0, 0.05) is 19.5 Å². The molecule has 0 spiro atoms. The zero-order chi connectivity index (χ0) is 21.5. The molecule has 2 aliphatic rings. The quantitative estimate of drug-likeness (QED) is 0.494. The summed E-state index contributed by atoms with van der Waals surface area (Å²) in [5.41, 5.74) is 3.39. The Hall–Kier alpha value is -3.37. The number of hydrogen-bond donors (Lipinski definition) is 4. The Balaban J connectivity index is 1.66. The molecule has 1 saturated carbocycles. The minimum atomic E-state index is -0.528. The molecule has 1 amide bonds. The highest BCUT2D eigenvalue weighted by molar-refractivity contribution is 5.94. The maximum Gasteiger partial charge on any atom is 0.328 e. The fourth-order valence-corrected chi connectivity index (χ4v) is 4.22. The molecule has 3 heterocycles. The molecule has 2 aromatic heterocycles. The van der Waals surface area contributed by atoms with Crippen LogP contribution in [0.25, 0.3) is 11.2 Å². The number of anilines is 3. The molecule has 1 aromatic carbocycles. The van der Waals surface area contributed by atoms with Crippen molar-refractivity contribution < 1.29 is 19.4 Å². The first kappa shape index (κ1) is 19.6. The Labute approximate surface area is 178 Å². The molecule has 0 radical (unpaired) electrons. The number of carbonyl (C=O) groups is 1. The second-order valence-corrected chi connectivity index (χ2v) is 7.78. The van der Waals surface area contributed by atoms with Crippen LogP contribution in [0.5, 0.6) is 5.75 Å². The zero-order valence-electron chi connectivity index (χ0n) is 17.3. The number of rotatable bonds is 2. The Morgan fingerprint density at radius 1 is 1.32 bits per heavy atom. The van der Waals surface area contributed by atoms with E-state index in [2.05, 4.69) is 25.9 Å². The summed E-state index contributed by atoms with van der Waals surface area (Å²) in [6.45, 7) is 0.340. The van der Waals surface area contributed by atoms with Crippen LogP contribution in [-0.2, 0) is 11.3 Å². The molecule has 1 aliphatic carbocycles. The minimum Gasteiger partial charge on any atom is -0.495 e. The van der Waals surface area contributed by atoms with E-state index in [0.29, 0.717) is 42.2 Å². The lowest BCUT2D eigenvalue weighted by Gasteiger charge is -2.22. The van der Waals surface area contributed by atoms with Crippen LogP contribution in [0.15, 0.2) is 30.6 Å². The molecule has 3 atom stereocenters. The highest BCUT2D eigenvalue weighted by atomic mass is 16.5. The van der Waals surface area contributed by atoms with Gasteiger partial charge in [0.1, 0.15) is 23.4 Å². The first-order valence-corrected chi connectivity index (χ1v) is 10.2. The van der Waals surface area contributed by atoms with Crippen LogP contribution in [0.3, 0.4) is 0 Å². The summed E-state index contributed by atoms with van der Waals surface area (Å²) in [5, 5.41) is 19.6. The van der Waals surface area contributed by atoms with Gasteiger partial charge < -0.3 is 30.5 Å². The number of pyridine rings is 1. The lowest BCUT2D eigenvalue weighted by atomic mass is 10.1. The molecule has 5 rings (SSSR count). The van der Waals surface area contributed by atoms with E-state index in [9.17, 15) is 9.90 Å². The summed E-state index contributed by atoms with van der Waals surface area (Å²) >= 11 is 0. The topological polar surface area (TPSA) is 123 Å². The van der Waals surface area contributed by atoms with Crippen LogP contribution < -0.4 is 20.7 Å². The molecule has 162 valence electrons. The molecule has 0 saturated heterocycles. The molecule has 31 heavy (non-hydrogen) atoms. The van der Waals surface area contributed by atoms with Crippen molar-refractivity contribution >= 4 is 34.4 Å². The summed E-state index contributed by atoms with van der Waals surface area (Å²) in [5.74, 6) is 1.19. The number of imidazole rings is 1. The van der Waals surface area contributed by atoms with Crippen molar-refractivity contribution in [3.8, 4) is 5.75 Å². The number of hydrogen-bond acceptors (Lipinski definition) is 8. The molecular weight excluding hydrogens is 400 g/mol. The van der Waals surface area contributed by atoms with Crippen molar-refractivity contribution in [3.05, 3.63) is 36.2 Å². The number of aromatic nitrogens is 3. The van der Waals surface area contributed by atoms with Gasteiger partial charge in [-0.15, -0.1) is 0 Å². The number of carbonyl (C=O) groups excluding carboxylic acids is 1. The van der Waals surface area contributed by atoms with Crippen molar-refractivity contribution in [2.24, 2.45) is 0 Å². The molecular formula is C21H24N6O4. The maximum absolute atomic E-state index is 13.1. The van der Waals surface area contributed by atoms with Gasteiger partial charge in [0.15, 0.2) is 5.65 Å². The van der Waals surface area contributed by atoms with Gasteiger partial charge >= 0.3 is 6.03 Å². The number of aliphatic hydroxyl groups is 1. The predicted molar refractivity (Wildman–Crippen MR) is 115 cm³/mol. The van der Waals surface area contributed by atoms with Crippen molar-refractivity contribution in [1.29, 1.82) is 0 Å². The summed E-state index contributed by atoms with van der Waals surface area (Å²) < 4.78 is 13.0. The third-order valence-corrected chi connectivity index (χ3v) is 5.77. The smallest absolute Gasteiger partial charge is 0.328 e. The molecule has 1 aliphatic heterocycles. The Bertz CT molecular complexity index is 1150. The third-order valence-electron chi connectivity index (χ3n) is 5.77. The first-order valence-electron chi connectivity index (χ1n) is 10.2. The number of benzene rings is 1. The number of ether oxygens (including phenoxy) is 2. The molecule has 10 nitrogen and oxygen atoms in total. The number of nitrogens with zero attached hydrogens (tertiary/aromatic N) is 3. The number of methoxy groups -OCH3 is 1. The van der Waals surface area contributed by atoms with Crippen molar-refractivity contribution in [2.75, 3.05) is 24.8 Å². The van der Waals surface area contributed by atoms with Crippen LogP contribution in [0.2, 0.25) is 0 Å². The van der Waals surface area contributed by atoms with Crippen molar-refractivity contribution in [3.63, 3.8) is 0 Å². The maximum atomic E-state index is 13.1. The standard InChI is InChI=1S/C21H24N6O4/c1-22-15-8-18-24-13-5-11(3-4-16(13)30-2)9-31-17-7-12(28)6-14(17)25-21(29)27-10-23-19(15)20(27)26-18/h3-5,8,10,12,14,17,28H,6-7,9H2,1-2H3,(H,25,29)(H2,22,24,26). The van der Waals surface area contributed by atoms with E-state index >= 15 is 0 Å². The largest absolute Gasteiger partial charge is 0.495 e. The molecule has 10 heteroatoms. The molecule has 4 bridgehead atoms. The number of aliphatic hydroxyl groups excluding tert-OH is 1. The van der Waals surface area contributed by atoms with Gasteiger partial charge in [-0.05, 0) is 24.1 Å². The molecule has 4 N–H and O–H groups in total. The number of amides is 1. The first-order chi connectivity index (χ1) is 15.1.